The van der Waals surface area contributed by atoms with E-state index in [2.05, 4.69) is 4.98 Å². The van der Waals surface area contributed by atoms with Crippen molar-refractivity contribution in [2.75, 3.05) is 0 Å². The number of aromatic nitrogens is 1. The van der Waals surface area contributed by atoms with Crippen LogP contribution < -0.4 is 5.56 Å². The van der Waals surface area contributed by atoms with Crippen molar-refractivity contribution in [2.24, 2.45) is 0 Å². The number of nitrogens with zero attached hydrogens (tertiary/aromatic N) is 1. The second-order valence-corrected chi connectivity index (χ2v) is 4.54. The number of nitriles is 1. The van der Waals surface area contributed by atoms with E-state index >= 15 is 0 Å². The molecule has 1 aliphatic carbocycles. The third-order valence-corrected chi connectivity index (χ3v) is 3.38. The third-order valence-electron chi connectivity index (χ3n) is 3.38. The average Bonchev–Trinajstić information content (AvgIpc) is 2.57. The summed E-state index contributed by atoms with van der Waals surface area (Å²) < 4.78 is 0. The molecule has 0 fully saturated rings. The lowest BCUT2D eigenvalue weighted by Crippen LogP contribution is -2.14. The molecule has 19 heavy (non-hydrogen) atoms. The van der Waals surface area contributed by atoms with Crippen molar-refractivity contribution in [1.29, 1.82) is 5.26 Å². The zero-order chi connectivity index (χ0) is 13.4. The zero-order valence-corrected chi connectivity index (χ0v) is 10.1. The van der Waals surface area contributed by atoms with Gasteiger partial charge in [0.15, 0.2) is 0 Å². The first kappa shape index (κ1) is 11.4. The van der Waals surface area contributed by atoms with Crippen molar-refractivity contribution < 1.29 is 4.79 Å². The molecule has 0 spiro atoms. The largest absolute Gasteiger partial charge is 0.319 e. The number of fused-ring (bicyclic) bond motifs is 2. The molecule has 0 atom stereocenters. The van der Waals surface area contributed by atoms with Gasteiger partial charge in [0.1, 0.15) is 0 Å². The van der Waals surface area contributed by atoms with Crippen LogP contribution in [0.4, 0.5) is 0 Å². The summed E-state index contributed by atoms with van der Waals surface area (Å²) in [6.45, 7) is 0. The fourth-order valence-corrected chi connectivity index (χ4v) is 2.40. The Morgan fingerprint density at radius 2 is 1.79 bits per heavy atom. The monoisotopic (exact) mass is 250 g/mol. The topological polar surface area (TPSA) is 73.7 Å². The van der Waals surface area contributed by atoms with Crippen LogP contribution >= 0.6 is 0 Å². The number of hydrogen-bond acceptors (Lipinski definition) is 3. The number of pyridine rings is 1. The molecule has 1 N–H and O–H groups in total. The maximum absolute atomic E-state index is 12.5. The smallest absolute Gasteiger partial charge is 0.248 e. The molecule has 0 aliphatic heterocycles. The summed E-state index contributed by atoms with van der Waals surface area (Å²) in [4.78, 5) is 26.5. The van der Waals surface area contributed by atoms with Gasteiger partial charge >= 0.3 is 0 Å². The van der Waals surface area contributed by atoms with E-state index in [1.807, 2.05) is 12.1 Å². The van der Waals surface area contributed by atoms with E-state index in [0.29, 0.717) is 23.2 Å². The number of carbonyl (C=O) groups excluding carboxylic acids is 1. The molecule has 3 rings (SSSR count). The molecule has 1 aliphatic rings. The van der Waals surface area contributed by atoms with Crippen LogP contribution in [0.3, 0.4) is 0 Å². The number of benzene rings is 1. The molecule has 0 saturated heterocycles. The lowest BCUT2D eigenvalue weighted by Gasteiger charge is -2.04. The van der Waals surface area contributed by atoms with E-state index in [-0.39, 0.29) is 11.3 Å². The van der Waals surface area contributed by atoms with Crippen LogP contribution in [0, 0.1) is 11.3 Å². The first-order chi connectivity index (χ1) is 9.19. The predicted molar refractivity (Wildman–Crippen MR) is 69.1 cm³/mol. The van der Waals surface area contributed by atoms with Gasteiger partial charge in [-0.3, -0.25) is 9.59 Å². The highest BCUT2D eigenvalue weighted by Crippen LogP contribution is 2.23. The molecule has 2 aromatic rings. The van der Waals surface area contributed by atoms with Crippen LogP contribution in [-0.4, -0.2) is 10.8 Å². The molecule has 1 aromatic carbocycles. The molecular weight excluding hydrogens is 240 g/mol. The van der Waals surface area contributed by atoms with Crippen molar-refractivity contribution in [3.05, 3.63) is 68.6 Å². The quantitative estimate of drug-likeness (QED) is 0.771. The molecule has 1 aromatic heterocycles. The molecular formula is C15H10N2O2. The van der Waals surface area contributed by atoms with Gasteiger partial charge in [-0.05, 0) is 36.1 Å². The summed E-state index contributed by atoms with van der Waals surface area (Å²) in [6, 6.07) is 10.3. The van der Waals surface area contributed by atoms with Crippen LogP contribution in [0.2, 0.25) is 0 Å². The Morgan fingerprint density at radius 3 is 2.58 bits per heavy atom. The minimum absolute atomic E-state index is 0.211. The van der Waals surface area contributed by atoms with E-state index < -0.39 is 0 Å². The summed E-state index contributed by atoms with van der Waals surface area (Å²) in [6.07, 6.45) is 1.43. The number of ketones is 1. The second-order valence-electron chi connectivity index (χ2n) is 4.54. The minimum Gasteiger partial charge on any atom is -0.319 e. The van der Waals surface area contributed by atoms with E-state index in [4.69, 9.17) is 5.26 Å². The van der Waals surface area contributed by atoms with Gasteiger partial charge in [-0.25, -0.2) is 0 Å². The molecule has 0 bridgehead atoms. The Hall–Kier alpha value is -2.67. The molecule has 4 heteroatoms. The van der Waals surface area contributed by atoms with E-state index in [0.717, 1.165) is 17.5 Å². The molecule has 1 heterocycles. The fourth-order valence-electron chi connectivity index (χ4n) is 2.40. The van der Waals surface area contributed by atoms with Gasteiger partial charge in [0, 0.05) is 11.6 Å². The van der Waals surface area contributed by atoms with Gasteiger partial charge in [-0.15, -0.1) is 0 Å². The lowest BCUT2D eigenvalue weighted by molar-refractivity contribution is 0.103. The molecule has 0 unspecified atom stereocenters. The number of H-pyrrole nitrogens is 1. The summed E-state index contributed by atoms with van der Waals surface area (Å²) >= 11 is 0. The first-order valence-corrected chi connectivity index (χ1v) is 5.99. The number of hydrogen-bond donors (Lipinski definition) is 1. The third kappa shape index (κ3) is 1.85. The first-order valence-electron chi connectivity index (χ1n) is 5.99. The van der Waals surface area contributed by atoms with Gasteiger partial charge in [-0.2, -0.15) is 5.26 Å². The highest BCUT2D eigenvalue weighted by molar-refractivity contribution is 6.10. The normalized spacial score (nSPS) is 13.1. The Labute approximate surface area is 109 Å². The molecule has 4 nitrogen and oxygen atoms in total. The van der Waals surface area contributed by atoms with Crippen molar-refractivity contribution in [1.82, 2.24) is 4.98 Å². The average molecular weight is 250 g/mol. The number of carbonyl (C=O) groups is 1. The van der Waals surface area contributed by atoms with Crippen LogP contribution in [-0.2, 0) is 12.8 Å². The number of aromatic amines is 1. The van der Waals surface area contributed by atoms with Gasteiger partial charge in [0.25, 0.3) is 0 Å². The van der Waals surface area contributed by atoms with Crippen molar-refractivity contribution >= 4 is 5.78 Å². The fraction of sp³-hybridized carbons (Fsp3) is 0.133. The lowest BCUT2D eigenvalue weighted by atomic mass is 9.99. The zero-order valence-electron chi connectivity index (χ0n) is 10.1. The predicted octanol–water partition coefficient (Wildman–Crippen LogP) is 1.58. The van der Waals surface area contributed by atoms with Gasteiger partial charge in [-0.1, -0.05) is 12.1 Å². The van der Waals surface area contributed by atoms with E-state index in [1.165, 1.54) is 6.07 Å². The van der Waals surface area contributed by atoms with Crippen molar-refractivity contribution in [2.45, 2.75) is 12.8 Å². The van der Waals surface area contributed by atoms with Gasteiger partial charge < -0.3 is 4.98 Å². The number of aryl methyl sites for hydroxylation is 2. The van der Waals surface area contributed by atoms with Crippen molar-refractivity contribution in [3.8, 4) is 6.07 Å². The maximum Gasteiger partial charge on any atom is 0.248 e. The van der Waals surface area contributed by atoms with Crippen LogP contribution in [0.1, 0.15) is 32.7 Å². The van der Waals surface area contributed by atoms with Crippen LogP contribution in [0.5, 0.6) is 0 Å². The second kappa shape index (κ2) is 4.21. The minimum atomic E-state index is -0.285. The van der Waals surface area contributed by atoms with Crippen LogP contribution in [0.25, 0.3) is 0 Å². The van der Waals surface area contributed by atoms with E-state index in [9.17, 15) is 9.59 Å². The number of nitrogens with one attached hydrogen (secondary N) is 1. The maximum atomic E-state index is 12.5. The Kier molecular flexibility index (Phi) is 2.53. The van der Waals surface area contributed by atoms with Crippen molar-refractivity contribution in [3.63, 3.8) is 0 Å². The van der Waals surface area contributed by atoms with Gasteiger partial charge in [0.05, 0.1) is 17.3 Å². The highest BCUT2D eigenvalue weighted by Gasteiger charge is 2.22. The Morgan fingerprint density at radius 1 is 1.05 bits per heavy atom. The molecule has 0 radical (unpaired) electrons. The number of rotatable bonds is 0. The van der Waals surface area contributed by atoms with Crippen LogP contribution in [0.15, 0.2) is 35.1 Å². The summed E-state index contributed by atoms with van der Waals surface area (Å²) in [5, 5.41) is 8.92. The molecule has 92 valence electrons. The highest BCUT2D eigenvalue weighted by atomic mass is 16.1. The van der Waals surface area contributed by atoms with E-state index in [1.54, 1.807) is 18.2 Å². The molecule has 0 saturated carbocycles. The Bertz CT molecular complexity index is 781. The Balaban J connectivity index is 2.24. The summed E-state index contributed by atoms with van der Waals surface area (Å²) in [5.74, 6) is -0.211. The SMILES string of the molecule is N#Cc1ccc2c(c1)C(=O)c1[nH]c(=O)ccc1CC2. The van der Waals surface area contributed by atoms with Gasteiger partial charge in [0.2, 0.25) is 11.3 Å². The summed E-state index contributed by atoms with van der Waals surface area (Å²) in [7, 11) is 0. The summed E-state index contributed by atoms with van der Waals surface area (Å²) in [5.41, 5.74) is 2.79. The standard InChI is InChI=1S/C15H10N2O2/c16-8-9-1-2-10-3-4-11-5-6-13(18)17-14(11)15(19)12(10)7-9/h1-2,5-7H,3-4H2,(H,17,18). The molecule has 0 amide bonds.